The molecule has 146 heavy (non-hydrogen) atoms. The van der Waals surface area contributed by atoms with E-state index in [-0.39, 0.29) is 80.7 Å². The number of hydrogen-bond donors (Lipinski definition) is 0. The largest absolute Gasteiger partial charge is 0.497 e. The van der Waals surface area contributed by atoms with E-state index in [1.165, 1.54) is 42.1 Å². The Balaban J connectivity index is 0.000000129. The first-order chi connectivity index (χ1) is 69.8. The van der Waals surface area contributed by atoms with Crippen LogP contribution in [0.1, 0.15) is 214 Å². The average molecular weight is 2240 g/mol. The van der Waals surface area contributed by atoms with Crippen LogP contribution in [0.15, 0.2) is 249 Å². The molecule has 0 aliphatic carbocycles. The van der Waals surface area contributed by atoms with Gasteiger partial charge in [-0.3, -0.25) is 62.3 Å². The molecule has 12 heterocycles. The van der Waals surface area contributed by atoms with E-state index in [1.807, 2.05) is 124 Å². The zero-order valence-corrected chi connectivity index (χ0v) is 91.1. The summed E-state index contributed by atoms with van der Waals surface area (Å²) in [6.45, 7) is 8.20. The van der Waals surface area contributed by atoms with Crippen LogP contribution in [0.3, 0.4) is 0 Å². The monoisotopic (exact) mass is 2240 g/mol. The standard InChI is InChI=1S/C17H14O3S.C12H10O3S.C11H11ClOS.C11H13NOS.C11H10O3S.C10H7F3OS.C10H8O3S.C10H10OS.C9H6Cl2OS.C9H7ClOS/c1-20-12-7-8-13-15(9-12)21-10-14(17(13)19)16(18)11-5-3-2-4-6-11;13-9-1-3-15-11-5-8-10(14)2-4-16-12(8)6-7(9)11;1-11(2)6-9(13)8-5-7(12)3-4-10(8)14-11;1-12(2)8-3-4-9-10(13)5-6-14-11(9)7-8;1-7(12)14-9-6-15-10-5-3-2-4-8(10)11(9)13;11-10(12,13)6-1-2-9-7(5-6)8(14)3-4-15-9;11-7-1-2-14-10-4-9-8(3-6(7)10)12-5-13-9;1-7-2-3-10-8(6-7)9(11)4-5-12-10;10-5-3-6-8(12)1-2-13-9(6)7(11)4-5;10-6-1-2-9-7(5-6)8(11)3-4-12-9/h2-9,14H,10H2,1H3;5-6H,1-4H2;3-5H,6H2,1-2H3;3-4,7H,5-6H2,1-2H3;2-5,9H,6H2,1H3;1-2,5H,3-4H2;3-4H,1-2,5H2;2-3,6H,4-5H2,1H3;3-4H,1-2H2;1-2,5H,3-4H2. The SMILES string of the molecule is CC(=O)OC1CSc2ccccc2C1=O.CC1(C)CC(=O)c2cc(Cl)ccc2S1.CN(C)c1ccc2c(c1)SCCC2=O.COc1ccc2c(c1)SCC(C(=O)c1ccccc1)C2=O.Cc1ccc2c(c1)C(=O)CCS2.O=C1CCOc2cc3c(cc21)SCCC3=O.O=C1CCSc2c(Cl)cc(Cl)cc21.O=C1CCSc2cc3c(cc21)OCO3.O=C1CCSc2ccc(C(F)(F)F)cc21.O=C1CCSc2ccc(Cl)cc21. The Labute approximate surface area is 905 Å². The Morgan fingerprint density at radius 2 is 0.856 bits per heavy atom. The van der Waals surface area contributed by atoms with E-state index in [2.05, 4.69) is 30.9 Å². The molecule has 2 unspecified atom stereocenters. The number of carbonyl (C=O) groups excluding carboxylic acids is 13. The van der Waals surface area contributed by atoms with Crippen LogP contribution in [0.4, 0.5) is 18.9 Å². The van der Waals surface area contributed by atoms with E-state index in [4.69, 9.17) is 70.1 Å². The van der Waals surface area contributed by atoms with Crippen molar-refractivity contribution in [2.45, 2.75) is 151 Å². The average Bonchev–Trinajstić information content (AvgIpc) is 1.63. The quantitative estimate of drug-likeness (QED) is 0.0879. The summed E-state index contributed by atoms with van der Waals surface area (Å²) in [5.74, 6) is 9.72. The van der Waals surface area contributed by atoms with Gasteiger partial charge in [0.1, 0.15) is 11.5 Å². The van der Waals surface area contributed by atoms with Gasteiger partial charge in [0.25, 0.3) is 0 Å². The van der Waals surface area contributed by atoms with Crippen molar-refractivity contribution in [3.8, 4) is 23.0 Å². The van der Waals surface area contributed by atoms with Gasteiger partial charge in [-0.05, 0) is 166 Å². The van der Waals surface area contributed by atoms with E-state index >= 15 is 0 Å². The summed E-state index contributed by atoms with van der Waals surface area (Å²) in [4.78, 5) is 163. The van der Waals surface area contributed by atoms with Gasteiger partial charge in [0.2, 0.25) is 12.6 Å². The van der Waals surface area contributed by atoms with Crippen molar-refractivity contribution in [2.75, 3.05) is 91.3 Å². The summed E-state index contributed by atoms with van der Waals surface area (Å²) < 4.78 is 63.1. The molecule has 758 valence electrons. The first-order valence-corrected chi connectivity index (χ1v) is 57.3. The molecular formula is C110H96Cl4F3NO18S10. The smallest absolute Gasteiger partial charge is 0.416 e. The Kier molecular flexibility index (Phi) is 39.7. The normalized spacial score (nSPS) is 17.3. The van der Waals surface area contributed by atoms with Crippen molar-refractivity contribution in [3.63, 3.8) is 0 Å². The number of benzene rings is 11. The van der Waals surface area contributed by atoms with Crippen LogP contribution < -0.4 is 23.8 Å². The summed E-state index contributed by atoms with van der Waals surface area (Å²) >= 11 is 39.9. The maximum atomic E-state index is 12.6. The molecule has 19 nitrogen and oxygen atoms in total. The van der Waals surface area contributed by atoms with E-state index in [0.29, 0.717) is 157 Å². The molecule has 0 aromatic heterocycles. The molecule has 0 bridgehead atoms. The molecule has 0 saturated carbocycles. The number of Topliss-reactive ketones (excluding diaryl/α,β-unsaturated/α-hetero) is 12. The van der Waals surface area contributed by atoms with Crippen molar-refractivity contribution in [1.29, 1.82) is 0 Å². The number of alkyl halides is 3. The molecule has 0 N–H and O–H groups in total. The molecule has 2 atom stereocenters. The lowest BCUT2D eigenvalue weighted by Crippen LogP contribution is -2.32. The lowest BCUT2D eigenvalue weighted by atomic mass is 9.91. The number of anilines is 1. The highest BCUT2D eigenvalue weighted by atomic mass is 35.5. The minimum Gasteiger partial charge on any atom is -0.497 e. The van der Waals surface area contributed by atoms with E-state index in [9.17, 15) is 75.5 Å². The molecule has 36 heteroatoms. The van der Waals surface area contributed by atoms with Gasteiger partial charge in [0.05, 0.1) is 35.8 Å². The van der Waals surface area contributed by atoms with Crippen LogP contribution in [0.2, 0.25) is 20.1 Å². The number of nitrogens with zero attached hydrogens (tertiary/aromatic N) is 1. The molecular weight excluding hydrogens is 2140 g/mol. The molecule has 0 fully saturated rings. The second-order valence-electron chi connectivity index (χ2n) is 34.6. The van der Waals surface area contributed by atoms with Crippen LogP contribution >= 0.6 is 164 Å². The van der Waals surface area contributed by atoms with Gasteiger partial charge in [-0.2, -0.15) is 13.2 Å². The highest BCUT2D eigenvalue weighted by molar-refractivity contribution is 8.02. The van der Waals surface area contributed by atoms with Crippen LogP contribution in [-0.2, 0) is 15.7 Å². The minimum atomic E-state index is -4.38. The van der Waals surface area contributed by atoms with Gasteiger partial charge >= 0.3 is 12.1 Å². The number of aryl methyl sites for hydroxylation is 1. The van der Waals surface area contributed by atoms with Crippen molar-refractivity contribution in [3.05, 3.63) is 298 Å². The fraction of sp³-hybridized carbons (Fsp3) is 0.282. The molecule has 0 radical (unpaired) electrons. The maximum absolute atomic E-state index is 12.6. The second-order valence-corrected chi connectivity index (χ2v) is 48.1. The molecule has 11 aromatic rings. The molecule has 0 amide bonds. The predicted molar refractivity (Wildman–Crippen MR) is 582 cm³/mol. The zero-order chi connectivity index (χ0) is 104. The number of esters is 1. The molecule has 12 aliphatic heterocycles. The Morgan fingerprint density at radius 1 is 0.397 bits per heavy atom. The number of thioether (sulfide) groups is 10. The second kappa shape index (κ2) is 51.7. The van der Waals surface area contributed by atoms with Gasteiger partial charge in [-0.25, -0.2) is 0 Å². The van der Waals surface area contributed by atoms with Crippen LogP contribution in [0, 0.1) is 12.8 Å². The van der Waals surface area contributed by atoms with Gasteiger partial charge < -0.3 is 28.6 Å². The van der Waals surface area contributed by atoms with E-state index < -0.39 is 29.7 Å². The number of ketones is 12. The predicted octanol–water partition coefficient (Wildman–Crippen LogP) is 28.8. The Morgan fingerprint density at radius 3 is 1.45 bits per heavy atom. The van der Waals surface area contributed by atoms with Crippen LogP contribution in [0.5, 0.6) is 23.0 Å². The third-order valence-electron chi connectivity index (χ3n) is 23.4. The van der Waals surface area contributed by atoms with Gasteiger partial charge in [-0.15, -0.1) is 118 Å². The van der Waals surface area contributed by atoms with Crippen molar-refractivity contribution < 1.29 is 99.2 Å². The van der Waals surface area contributed by atoms with Crippen molar-refractivity contribution >= 4 is 245 Å². The van der Waals surface area contributed by atoms with Crippen LogP contribution in [0.25, 0.3) is 0 Å². The van der Waals surface area contributed by atoms with Crippen molar-refractivity contribution in [2.24, 2.45) is 5.92 Å². The van der Waals surface area contributed by atoms with E-state index in [0.717, 1.165) is 136 Å². The van der Waals surface area contributed by atoms with Gasteiger partial charge in [-0.1, -0.05) is 107 Å². The third-order valence-corrected chi connectivity index (χ3v) is 35.6. The molecule has 0 spiro atoms. The lowest BCUT2D eigenvalue weighted by Gasteiger charge is -2.29. The number of hydrogen-bond acceptors (Lipinski definition) is 29. The van der Waals surface area contributed by atoms with Gasteiger partial charge in [0, 0.05) is 266 Å². The molecule has 11 aromatic carbocycles. The number of carbonyl (C=O) groups is 13. The van der Waals surface area contributed by atoms with Gasteiger partial charge in [0.15, 0.2) is 81.2 Å². The van der Waals surface area contributed by atoms with Crippen LogP contribution in [-0.4, -0.2) is 173 Å². The lowest BCUT2D eigenvalue weighted by molar-refractivity contribution is -0.143. The highest BCUT2D eigenvalue weighted by Gasteiger charge is 2.38. The Hall–Kier alpha value is -9.62. The zero-order valence-electron chi connectivity index (χ0n) is 79.9. The number of methoxy groups -OCH3 is 1. The maximum Gasteiger partial charge on any atom is 0.416 e. The summed E-state index contributed by atoms with van der Waals surface area (Å²) in [7, 11) is 5.62. The molecule has 0 saturated heterocycles. The Bertz CT molecular complexity index is 6830. The summed E-state index contributed by atoms with van der Waals surface area (Å²) in [6.07, 6.45) is 0.127. The molecule has 12 aliphatic rings. The van der Waals surface area contributed by atoms with Crippen molar-refractivity contribution in [1.82, 2.24) is 0 Å². The topological polar surface area (TPSA) is 271 Å². The number of fused-ring (bicyclic) bond motifs is 12. The highest BCUT2D eigenvalue weighted by Crippen LogP contribution is 2.48. The number of ether oxygens (including phenoxy) is 5. The summed E-state index contributed by atoms with van der Waals surface area (Å²) in [5.41, 5.74) is 9.83. The fourth-order valence-corrected chi connectivity index (χ4v) is 27.6. The first kappa shape index (κ1) is 112. The molecule has 23 rings (SSSR count). The fourth-order valence-electron chi connectivity index (χ4n) is 16.0. The summed E-state index contributed by atoms with van der Waals surface area (Å²) in [6, 6.07) is 58.8. The minimum absolute atomic E-state index is 0.0118. The number of rotatable bonds is 5. The van der Waals surface area contributed by atoms with E-state index in [1.54, 1.807) is 168 Å². The third kappa shape index (κ3) is 29.4. The first-order valence-electron chi connectivity index (χ1n) is 46.1. The number of halogens is 7. The summed E-state index contributed by atoms with van der Waals surface area (Å²) in [5, 5.41) is 2.39.